The molecule has 0 aliphatic rings. The van der Waals surface area contributed by atoms with E-state index in [1.807, 2.05) is 36.4 Å². The van der Waals surface area contributed by atoms with Gasteiger partial charge in [-0.2, -0.15) is 0 Å². The smallest absolute Gasteiger partial charge is 0.285 e. The molecule has 0 saturated heterocycles. The lowest BCUT2D eigenvalue weighted by Gasteiger charge is -2.19. The van der Waals surface area contributed by atoms with E-state index in [9.17, 15) is 14.4 Å². The molecule has 1 atom stereocenters. The second-order valence-electron chi connectivity index (χ2n) is 7.34. The predicted molar refractivity (Wildman–Crippen MR) is 128 cm³/mol. The van der Waals surface area contributed by atoms with E-state index in [0.717, 1.165) is 22.2 Å². The molecule has 0 spiro atoms. The molecule has 3 aromatic carbocycles. The maximum atomic E-state index is 12.7. The van der Waals surface area contributed by atoms with Crippen LogP contribution < -0.4 is 10.6 Å². The van der Waals surface area contributed by atoms with E-state index in [4.69, 9.17) is 0 Å². The molecule has 0 saturated carbocycles. The SMILES string of the molecule is CN(C)C(=O)Sc1ccc(NC(=O)CC(NC(=O)c2ccccc2)c2ccccc2)cc1. The standard InChI is InChI=1S/C25H25N3O3S/c1-28(2)25(31)32-21-15-13-20(14-16-21)26-23(29)17-22(18-9-5-3-6-10-18)27-24(30)19-11-7-4-8-12-19/h3-16,22H,17H2,1-2H3,(H,26,29)(H,27,30). The zero-order chi connectivity index (χ0) is 22.9. The highest BCUT2D eigenvalue weighted by atomic mass is 32.2. The summed E-state index contributed by atoms with van der Waals surface area (Å²) in [6.45, 7) is 0. The van der Waals surface area contributed by atoms with Crippen molar-refractivity contribution in [3.8, 4) is 0 Å². The van der Waals surface area contributed by atoms with Crippen LogP contribution in [0.2, 0.25) is 0 Å². The van der Waals surface area contributed by atoms with Crippen LogP contribution in [-0.2, 0) is 4.79 Å². The van der Waals surface area contributed by atoms with Crippen molar-refractivity contribution in [2.75, 3.05) is 19.4 Å². The van der Waals surface area contributed by atoms with Crippen LogP contribution in [0, 0.1) is 0 Å². The fraction of sp³-hybridized carbons (Fsp3) is 0.160. The van der Waals surface area contributed by atoms with Gasteiger partial charge in [-0.15, -0.1) is 0 Å². The molecule has 0 radical (unpaired) electrons. The first-order valence-corrected chi connectivity index (χ1v) is 10.9. The molecule has 0 fully saturated rings. The van der Waals surface area contributed by atoms with Gasteiger partial charge >= 0.3 is 0 Å². The summed E-state index contributed by atoms with van der Waals surface area (Å²) in [4.78, 5) is 39.5. The first-order chi connectivity index (χ1) is 15.4. The first-order valence-electron chi connectivity index (χ1n) is 10.1. The highest BCUT2D eigenvalue weighted by molar-refractivity contribution is 8.13. The van der Waals surface area contributed by atoms with Gasteiger partial charge in [0.25, 0.3) is 11.1 Å². The van der Waals surface area contributed by atoms with Crippen molar-refractivity contribution in [1.29, 1.82) is 0 Å². The van der Waals surface area contributed by atoms with Gasteiger partial charge in [0.1, 0.15) is 0 Å². The molecule has 6 nitrogen and oxygen atoms in total. The highest BCUT2D eigenvalue weighted by Gasteiger charge is 2.19. The van der Waals surface area contributed by atoms with Gasteiger partial charge in [0.2, 0.25) is 5.91 Å². The van der Waals surface area contributed by atoms with Crippen molar-refractivity contribution in [2.24, 2.45) is 0 Å². The third-order valence-electron chi connectivity index (χ3n) is 4.64. The summed E-state index contributed by atoms with van der Waals surface area (Å²) in [6.07, 6.45) is 0.0816. The van der Waals surface area contributed by atoms with Gasteiger partial charge in [-0.05, 0) is 53.7 Å². The Morgan fingerprint density at radius 2 is 1.44 bits per heavy atom. The van der Waals surface area contributed by atoms with E-state index < -0.39 is 6.04 Å². The van der Waals surface area contributed by atoms with Crippen molar-refractivity contribution < 1.29 is 14.4 Å². The normalized spacial score (nSPS) is 11.3. The Morgan fingerprint density at radius 3 is 2.03 bits per heavy atom. The summed E-state index contributed by atoms with van der Waals surface area (Å²) in [5, 5.41) is 5.76. The van der Waals surface area contributed by atoms with Crippen molar-refractivity contribution in [3.05, 3.63) is 96.1 Å². The van der Waals surface area contributed by atoms with E-state index in [2.05, 4.69) is 10.6 Å². The van der Waals surface area contributed by atoms with E-state index in [-0.39, 0.29) is 23.5 Å². The molecule has 164 valence electrons. The number of carbonyl (C=O) groups is 3. The van der Waals surface area contributed by atoms with Crippen LogP contribution in [0.15, 0.2) is 89.8 Å². The van der Waals surface area contributed by atoms with Gasteiger partial charge in [0.05, 0.1) is 12.5 Å². The third kappa shape index (κ3) is 6.72. The Balaban J connectivity index is 1.66. The predicted octanol–water partition coefficient (Wildman–Crippen LogP) is 4.96. The van der Waals surface area contributed by atoms with Crippen LogP contribution in [0.1, 0.15) is 28.4 Å². The number of amides is 3. The molecule has 2 N–H and O–H groups in total. The molecule has 3 aromatic rings. The zero-order valence-electron chi connectivity index (χ0n) is 17.9. The monoisotopic (exact) mass is 447 g/mol. The fourth-order valence-corrected chi connectivity index (χ4v) is 3.62. The summed E-state index contributed by atoms with van der Waals surface area (Å²) in [5.41, 5.74) is 2.01. The molecule has 7 heteroatoms. The molecular formula is C25H25N3O3S. The molecular weight excluding hydrogens is 422 g/mol. The van der Waals surface area contributed by atoms with Crippen LogP contribution in [-0.4, -0.2) is 36.0 Å². The summed E-state index contributed by atoms with van der Waals surface area (Å²) < 4.78 is 0. The van der Waals surface area contributed by atoms with Gasteiger partial charge < -0.3 is 15.5 Å². The van der Waals surface area contributed by atoms with E-state index in [1.54, 1.807) is 62.6 Å². The molecule has 0 heterocycles. The van der Waals surface area contributed by atoms with Crippen LogP contribution in [0.5, 0.6) is 0 Å². The number of benzene rings is 3. The fourth-order valence-electron chi connectivity index (χ4n) is 2.96. The lowest BCUT2D eigenvalue weighted by molar-refractivity contribution is -0.116. The van der Waals surface area contributed by atoms with E-state index in [1.165, 1.54) is 4.90 Å². The van der Waals surface area contributed by atoms with Crippen molar-refractivity contribution in [1.82, 2.24) is 10.2 Å². The minimum atomic E-state index is -0.476. The zero-order valence-corrected chi connectivity index (χ0v) is 18.8. The Bertz CT molecular complexity index is 1050. The van der Waals surface area contributed by atoms with Crippen LogP contribution in [0.25, 0.3) is 0 Å². The Labute approximate surface area is 192 Å². The number of nitrogens with one attached hydrogen (secondary N) is 2. The minimum Gasteiger partial charge on any atom is -0.345 e. The Morgan fingerprint density at radius 1 is 0.844 bits per heavy atom. The van der Waals surface area contributed by atoms with Crippen LogP contribution in [0.4, 0.5) is 10.5 Å². The number of nitrogens with zero attached hydrogens (tertiary/aromatic N) is 1. The maximum Gasteiger partial charge on any atom is 0.285 e. The highest BCUT2D eigenvalue weighted by Crippen LogP contribution is 2.23. The second-order valence-corrected chi connectivity index (χ2v) is 8.37. The maximum absolute atomic E-state index is 12.7. The molecule has 1 unspecified atom stereocenters. The molecule has 32 heavy (non-hydrogen) atoms. The number of hydrogen-bond donors (Lipinski definition) is 2. The Hall–Kier alpha value is -3.58. The number of thioether (sulfide) groups is 1. The van der Waals surface area contributed by atoms with E-state index >= 15 is 0 Å². The van der Waals surface area contributed by atoms with Gasteiger partial charge in [0.15, 0.2) is 0 Å². The Kier molecular flexibility index (Phi) is 8.05. The van der Waals surface area contributed by atoms with Gasteiger partial charge in [-0.25, -0.2) is 0 Å². The quantitative estimate of drug-likeness (QED) is 0.502. The summed E-state index contributed by atoms with van der Waals surface area (Å²) in [5.74, 6) is -0.462. The number of hydrogen-bond acceptors (Lipinski definition) is 4. The van der Waals surface area contributed by atoms with Gasteiger partial charge in [-0.1, -0.05) is 48.5 Å². The molecule has 3 rings (SSSR count). The average molecular weight is 448 g/mol. The second kappa shape index (κ2) is 11.2. The third-order valence-corrected chi connectivity index (χ3v) is 5.69. The van der Waals surface area contributed by atoms with Crippen LogP contribution >= 0.6 is 11.8 Å². The van der Waals surface area contributed by atoms with Crippen molar-refractivity contribution >= 4 is 34.5 Å². The summed E-state index contributed by atoms with van der Waals surface area (Å²) >= 11 is 1.12. The molecule has 0 bridgehead atoms. The van der Waals surface area contributed by atoms with E-state index in [0.29, 0.717) is 11.3 Å². The molecule has 0 aliphatic carbocycles. The minimum absolute atomic E-state index is 0.0679. The van der Waals surface area contributed by atoms with Crippen molar-refractivity contribution in [3.63, 3.8) is 0 Å². The van der Waals surface area contributed by atoms with Gasteiger partial charge in [-0.3, -0.25) is 14.4 Å². The topological polar surface area (TPSA) is 78.5 Å². The molecule has 3 amide bonds. The largest absolute Gasteiger partial charge is 0.345 e. The lowest BCUT2D eigenvalue weighted by Crippen LogP contribution is -2.31. The number of rotatable bonds is 7. The summed E-state index contributed by atoms with van der Waals surface area (Å²) in [6, 6.07) is 24.9. The van der Waals surface area contributed by atoms with Crippen LogP contribution in [0.3, 0.4) is 0 Å². The number of carbonyl (C=O) groups excluding carboxylic acids is 3. The van der Waals surface area contributed by atoms with Crippen molar-refractivity contribution in [2.45, 2.75) is 17.4 Å². The molecule has 0 aliphatic heterocycles. The average Bonchev–Trinajstić information content (AvgIpc) is 2.81. The molecule has 0 aromatic heterocycles. The van der Waals surface area contributed by atoms with Gasteiger partial charge in [0, 0.05) is 30.2 Å². The first kappa shape index (κ1) is 23.1. The lowest BCUT2D eigenvalue weighted by atomic mass is 10.0. The summed E-state index contributed by atoms with van der Waals surface area (Å²) in [7, 11) is 3.40. The number of anilines is 1.